The summed E-state index contributed by atoms with van der Waals surface area (Å²) in [5, 5.41) is 2.49. The smallest absolute Gasteiger partial charge is 0.377 e. The molecule has 0 spiro atoms. The van der Waals surface area contributed by atoms with Crippen LogP contribution in [0.25, 0.3) is 10.8 Å². The number of nitrogens with zero attached hydrogens (tertiary/aromatic N) is 1. The van der Waals surface area contributed by atoms with Crippen molar-refractivity contribution >= 4 is 19.6 Å². The van der Waals surface area contributed by atoms with E-state index < -0.39 is 8.80 Å². The molecule has 1 aromatic carbocycles. The van der Waals surface area contributed by atoms with Gasteiger partial charge in [-0.2, -0.15) is 0 Å². The highest BCUT2D eigenvalue weighted by Crippen LogP contribution is 2.19. The minimum absolute atomic E-state index is 0.897. The summed E-state index contributed by atoms with van der Waals surface area (Å²) >= 11 is 0. The summed E-state index contributed by atoms with van der Waals surface area (Å²) in [6, 6.07) is 9.64. The lowest BCUT2D eigenvalue weighted by atomic mass is 10.0. The summed E-state index contributed by atoms with van der Waals surface area (Å²) < 4.78 is 16.3. The van der Waals surface area contributed by atoms with Crippen molar-refractivity contribution in [3.05, 3.63) is 42.2 Å². The second-order valence-corrected chi connectivity index (χ2v) is 9.21. The zero-order valence-electron chi connectivity index (χ0n) is 15.1. The molecule has 132 valence electrons. The number of unbranched alkanes of at least 4 members (excludes halogenated alkanes) is 4. The first kappa shape index (κ1) is 19.1. The molecule has 0 bridgehead atoms. The Morgan fingerprint density at radius 3 is 2.29 bits per heavy atom. The Bertz CT molecular complexity index is 608. The van der Waals surface area contributed by atoms with Gasteiger partial charge in [-0.05, 0) is 42.3 Å². The maximum absolute atomic E-state index is 5.45. The monoisotopic (exact) mass is 347 g/mol. The molecule has 5 heteroatoms. The summed E-state index contributed by atoms with van der Waals surface area (Å²) in [5.41, 5.74) is 1.40. The first-order chi connectivity index (χ1) is 11.7. The summed E-state index contributed by atoms with van der Waals surface area (Å²) in [4.78, 5) is 4.20. The van der Waals surface area contributed by atoms with Gasteiger partial charge in [0.2, 0.25) is 0 Å². The normalized spacial score (nSPS) is 12.0. The Balaban J connectivity index is 1.64. The summed E-state index contributed by atoms with van der Waals surface area (Å²) in [5.74, 6) is 0. The molecule has 0 aliphatic carbocycles. The van der Waals surface area contributed by atoms with Crippen LogP contribution in [0.3, 0.4) is 0 Å². The lowest BCUT2D eigenvalue weighted by Crippen LogP contribution is -2.42. The summed E-state index contributed by atoms with van der Waals surface area (Å²) in [7, 11) is 2.67. The van der Waals surface area contributed by atoms with E-state index in [0.717, 1.165) is 18.9 Å². The highest BCUT2D eigenvalue weighted by atomic mass is 28.4. The van der Waals surface area contributed by atoms with E-state index >= 15 is 0 Å². The average Bonchev–Trinajstić information content (AvgIpc) is 2.64. The van der Waals surface area contributed by atoms with Gasteiger partial charge in [0.1, 0.15) is 0 Å². The average molecular weight is 348 g/mol. The minimum atomic E-state index is -2.37. The van der Waals surface area contributed by atoms with Crippen molar-refractivity contribution in [1.82, 2.24) is 4.98 Å². The molecule has 0 atom stereocenters. The molecule has 24 heavy (non-hydrogen) atoms. The van der Waals surface area contributed by atoms with E-state index in [2.05, 4.69) is 29.2 Å². The van der Waals surface area contributed by atoms with Gasteiger partial charge >= 0.3 is 8.80 Å². The van der Waals surface area contributed by atoms with Crippen LogP contribution in [0, 0.1) is 0 Å². The molecule has 1 heterocycles. The van der Waals surface area contributed by atoms with Gasteiger partial charge in [0, 0.05) is 45.2 Å². The van der Waals surface area contributed by atoms with Gasteiger partial charge in [-0.1, -0.05) is 31.4 Å². The largest absolute Gasteiger partial charge is 0.500 e. The van der Waals surface area contributed by atoms with Crippen LogP contribution in [-0.4, -0.2) is 35.1 Å². The number of fused-ring (bicyclic) bond motifs is 1. The summed E-state index contributed by atoms with van der Waals surface area (Å²) in [6.07, 6.45) is 11.0. The van der Waals surface area contributed by atoms with Crippen molar-refractivity contribution in [2.75, 3.05) is 21.3 Å². The van der Waals surface area contributed by atoms with Crippen molar-refractivity contribution in [1.29, 1.82) is 0 Å². The maximum Gasteiger partial charge on any atom is 0.500 e. The van der Waals surface area contributed by atoms with Crippen molar-refractivity contribution < 1.29 is 13.3 Å². The number of aryl methyl sites for hydroxylation is 1. The quantitative estimate of drug-likeness (QED) is 0.440. The Labute approximate surface area is 146 Å². The van der Waals surface area contributed by atoms with Crippen LogP contribution in [0.2, 0.25) is 6.04 Å². The highest BCUT2D eigenvalue weighted by molar-refractivity contribution is 6.60. The van der Waals surface area contributed by atoms with Crippen LogP contribution in [0.5, 0.6) is 0 Å². The molecule has 2 aromatic rings. The van der Waals surface area contributed by atoms with E-state index in [1.54, 1.807) is 21.3 Å². The molecule has 0 aliphatic rings. The fourth-order valence-electron chi connectivity index (χ4n) is 3.05. The Hall–Kier alpha value is -1.27. The van der Waals surface area contributed by atoms with Gasteiger partial charge in [-0.15, -0.1) is 0 Å². The number of pyridine rings is 1. The van der Waals surface area contributed by atoms with Gasteiger partial charge in [-0.3, -0.25) is 4.98 Å². The standard InChI is InChI=1S/C19H29NO3Si/c1-21-24(22-2,23-3)14-8-6-4-5-7-9-17-10-11-18-12-13-20-16-19(18)15-17/h10-13,15-16H,4-9,14H2,1-3H3. The van der Waals surface area contributed by atoms with Gasteiger partial charge in [0.05, 0.1) is 0 Å². The van der Waals surface area contributed by atoms with E-state index in [9.17, 15) is 0 Å². The molecule has 0 unspecified atom stereocenters. The van der Waals surface area contributed by atoms with E-state index in [0.29, 0.717) is 0 Å². The zero-order valence-corrected chi connectivity index (χ0v) is 16.1. The first-order valence-electron chi connectivity index (χ1n) is 8.71. The van der Waals surface area contributed by atoms with E-state index in [4.69, 9.17) is 13.3 Å². The molecule has 2 rings (SSSR count). The van der Waals surface area contributed by atoms with E-state index in [1.165, 1.54) is 42.0 Å². The number of rotatable bonds is 11. The SMILES string of the molecule is CO[Si](CCCCCCCc1ccc2ccncc2c1)(OC)OC. The van der Waals surface area contributed by atoms with Crippen LogP contribution in [0.4, 0.5) is 0 Å². The molecular formula is C19H29NO3Si. The van der Waals surface area contributed by atoms with Gasteiger partial charge in [0.15, 0.2) is 0 Å². The molecule has 0 saturated heterocycles. The van der Waals surface area contributed by atoms with E-state index in [-0.39, 0.29) is 0 Å². The van der Waals surface area contributed by atoms with Gasteiger partial charge in [-0.25, -0.2) is 0 Å². The predicted octanol–water partition coefficient (Wildman–Crippen LogP) is 4.61. The Morgan fingerprint density at radius 1 is 0.833 bits per heavy atom. The Morgan fingerprint density at radius 2 is 1.54 bits per heavy atom. The minimum Gasteiger partial charge on any atom is -0.377 e. The third-order valence-corrected chi connectivity index (χ3v) is 7.42. The van der Waals surface area contributed by atoms with Crippen molar-refractivity contribution in [2.24, 2.45) is 0 Å². The van der Waals surface area contributed by atoms with Crippen molar-refractivity contribution in [3.8, 4) is 0 Å². The highest BCUT2D eigenvalue weighted by Gasteiger charge is 2.36. The third kappa shape index (κ3) is 5.38. The molecular weight excluding hydrogens is 318 g/mol. The topological polar surface area (TPSA) is 40.6 Å². The fraction of sp³-hybridized carbons (Fsp3) is 0.526. The van der Waals surface area contributed by atoms with E-state index in [1.807, 2.05) is 12.4 Å². The molecule has 0 fully saturated rings. The number of aromatic nitrogens is 1. The summed E-state index contributed by atoms with van der Waals surface area (Å²) in [6.45, 7) is 0. The zero-order chi connectivity index (χ0) is 17.3. The molecule has 0 radical (unpaired) electrons. The fourth-order valence-corrected chi connectivity index (χ4v) is 4.84. The van der Waals surface area contributed by atoms with Gasteiger partial charge < -0.3 is 13.3 Å². The number of benzene rings is 1. The Kier molecular flexibility index (Phi) is 7.85. The molecule has 4 nitrogen and oxygen atoms in total. The molecule has 1 aromatic heterocycles. The second kappa shape index (κ2) is 9.89. The van der Waals surface area contributed by atoms with Crippen LogP contribution in [0.15, 0.2) is 36.7 Å². The number of hydrogen-bond acceptors (Lipinski definition) is 4. The predicted molar refractivity (Wildman–Crippen MR) is 100 cm³/mol. The second-order valence-electron chi connectivity index (χ2n) is 6.12. The molecule has 0 saturated carbocycles. The van der Waals surface area contributed by atoms with Crippen LogP contribution in [0.1, 0.15) is 37.7 Å². The van der Waals surface area contributed by atoms with Crippen molar-refractivity contribution in [3.63, 3.8) is 0 Å². The lowest BCUT2D eigenvalue weighted by Gasteiger charge is -2.24. The maximum atomic E-state index is 5.45. The third-order valence-electron chi connectivity index (χ3n) is 4.59. The van der Waals surface area contributed by atoms with Crippen LogP contribution >= 0.6 is 0 Å². The van der Waals surface area contributed by atoms with Crippen LogP contribution in [-0.2, 0) is 19.7 Å². The molecule has 0 aliphatic heterocycles. The lowest BCUT2D eigenvalue weighted by molar-refractivity contribution is 0.122. The molecule has 0 N–H and O–H groups in total. The van der Waals surface area contributed by atoms with Gasteiger partial charge in [0.25, 0.3) is 0 Å². The van der Waals surface area contributed by atoms with Crippen molar-refractivity contribution in [2.45, 2.75) is 44.6 Å². The van der Waals surface area contributed by atoms with Crippen LogP contribution < -0.4 is 0 Å². The molecule has 0 amide bonds. The number of hydrogen-bond donors (Lipinski definition) is 0. The first-order valence-corrected chi connectivity index (χ1v) is 10.6.